The maximum atomic E-state index is 13.1. The smallest absolute Gasteiger partial charge is 0.251 e. The number of hydrogen-bond donors (Lipinski definition) is 3. The van der Waals surface area contributed by atoms with Crippen LogP contribution in [0.15, 0.2) is 23.4 Å². The summed E-state index contributed by atoms with van der Waals surface area (Å²) in [6.07, 6.45) is 0.219. The Labute approximate surface area is 104 Å². The van der Waals surface area contributed by atoms with Gasteiger partial charge in [0, 0.05) is 18.0 Å². The van der Waals surface area contributed by atoms with Gasteiger partial charge in [-0.1, -0.05) is 5.16 Å². The molecule has 0 saturated carbocycles. The third-order valence-electron chi connectivity index (χ3n) is 2.33. The second-order valence-electron chi connectivity index (χ2n) is 4.19. The number of hydrogen-bond acceptors (Lipinski definition) is 3. The van der Waals surface area contributed by atoms with Gasteiger partial charge in [-0.25, -0.2) is 4.39 Å². The molecule has 4 N–H and O–H groups in total. The summed E-state index contributed by atoms with van der Waals surface area (Å²) >= 11 is 0. The van der Waals surface area contributed by atoms with Crippen LogP contribution < -0.4 is 11.1 Å². The molecule has 0 spiro atoms. The standard InChI is InChI=1S/C12H16FN3O2/c1-7-3-9(6-10(13)4-7)12(17)15-8(2)5-11(14)16-18/h3-4,6,8,18H,5H2,1-2H3,(H2,14,16)(H,15,17). The Bertz CT molecular complexity index is 454. The van der Waals surface area contributed by atoms with Crippen molar-refractivity contribution in [1.29, 1.82) is 0 Å². The van der Waals surface area contributed by atoms with Crippen molar-refractivity contribution >= 4 is 11.7 Å². The minimum absolute atomic E-state index is 0.0261. The SMILES string of the molecule is Cc1cc(F)cc(C(=O)NC(C)C/C(N)=N/O)c1. The minimum Gasteiger partial charge on any atom is -0.409 e. The second kappa shape index (κ2) is 6.00. The molecule has 0 saturated heterocycles. The summed E-state index contributed by atoms with van der Waals surface area (Å²) in [6.45, 7) is 3.42. The molecule has 0 aromatic heterocycles. The number of amidine groups is 1. The first-order valence-corrected chi connectivity index (χ1v) is 5.47. The van der Waals surface area contributed by atoms with Crippen molar-refractivity contribution in [2.24, 2.45) is 10.9 Å². The van der Waals surface area contributed by atoms with Crippen LogP contribution in [0.3, 0.4) is 0 Å². The van der Waals surface area contributed by atoms with Crippen molar-refractivity contribution < 1.29 is 14.4 Å². The van der Waals surface area contributed by atoms with Crippen LogP contribution in [-0.2, 0) is 0 Å². The number of aryl methyl sites for hydroxylation is 1. The van der Waals surface area contributed by atoms with E-state index in [1.807, 2.05) is 0 Å². The van der Waals surface area contributed by atoms with Gasteiger partial charge < -0.3 is 16.3 Å². The Hall–Kier alpha value is -2.11. The van der Waals surface area contributed by atoms with E-state index in [1.54, 1.807) is 19.9 Å². The van der Waals surface area contributed by atoms with E-state index in [-0.39, 0.29) is 23.9 Å². The summed E-state index contributed by atoms with van der Waals surface area (Å²) in [5.74, 6) is -0.821. The van der Waals surface area contributed by atoms with Gasteiger partial charge in [0.2, 0.25) is 0 Å². The number of halogens is 1. The van der Waals surface area contributed by atoms with Gasteiger partial charge >= 0.3 is 0 Å². The molecule has 0 aliphatic heterocycles. The van der Waals surface area contributed by atoms with Crippen LogP contribution in [0.2, 0.25) is 0 Å². The van der Waals surface area contributed by atoms with E-state index in [9.17, 15) is 9.18 Å². The van der Waals surface area contributed by atoms with Crippen LogP contribution >= 0.6 is 0 Å². The fourth-order valence-electron chi connectivity index (χ4n) is 1.58. The molecule has 1 atom stereocenters. The highest BCUT2D eigenvalue weighted by atomic mass is 19.1. The predicted octanol–water partition coefficient (Wildman–Crippen LogP) is 1.39. The fourth-order valence-corrected chi connectivity index (χ4v) is 1.58. The van der Waals surface area contributed by atoms with Gasteiger partial charge in [0.25, 0.3) is 5.91 Å². The summed E-state index contributed by atoms with van der Waals surface area (Å²) in [7, 11) is 0. The highest BCUT2D eigenvalue weighted by molar-refractivity contribution is 5.95. The van der Waals surface area contributed by atoms with Gasteiger partial charge in [0.15, 0.2) is 0 Å². The van der Waals surface area contributed by atoms with Gasteiger partial charge in [-0.3, -0.25) is 4.79 Å². The number of nitrogens with two attached hydrogens (primary N) is 1. The maximum Gasteiger partial charge on any atom is 0.251 e. The van der Waals surface area contributed by atoms with Crippen LogP contribution in [0.4, 0.5) is 4.39 Å². The molecule has 1 unspecified atom stereocenters. The summed E-state index contributed by atoms with van der Waals surface area (Å²) in [5, 5.41) is 13.9. The average molecular weight is 253 g/mol. The fraction of sp³-hybridized carbons (Fsp3) is 0.333. The van der Waals surface area contributed by atoms with Crippen molar-refractivity contribution in [2.75, 3.05) is 0 Å². The van der Waals surface area contributed by atoms with E-state index in [4.69, 9.17) is 10.9 Å². The Morgan fingerprint density at radius 3 is 2.78 bits per heavy atom. The van der Waals surface area contributed by atoms with Crippen molar-refractivity contribution in [3.8, 4) is 0 Å². The molecular formula is C12H16FN3O2. The van der Waals surface area contributed by atoms with Gasteiger partial charge in [-0.05, 0) is 37.6 Å². The zero-order valence-corrected chi connectivity index (χ0v) is 10.3. The largest absolute Gasteiger partial charge is 0.409 e. The van der Waals surface area contributed by atoms with E-state index >= 15 is 0 Å². The number of nitrogens with zero attached hydrogens (tertiary/aromatic N) is 1. The summed E-state index contributed by atoms with van der Waals surface area (Å²) < 4.78 is 13.1. The molecule has 6 heteroatoms. The zero-order chi connectivity index (χ0) is 13.7. The highest BCUT2D eigenvalue weighted by Gasteiger charge is 2.12. The van der Waals surface area contributed by atoms with Gasteiger partial charge in [0.05, 0.1) is 0 Å². The zero-order valence-electron chi connectivity index (χ0n) is 10.3. The van der Waals surface area contributed by atoms with Gasteiger partial charge in [0.1, 0.15) is 11.7 Å². The number of amides is 1. The Morgan fingerprint density at radius 1 is 1.56 bits per heavy atom. The van der Waals surface area contributed by atoms with Crippen molar-refractivity contribution in [2.45, 2.75) is 26.3 Å². The topological polar surface area (TPSA) is 87.7 Å². The molecule has 1 rings (SSSR count). The first-order valence-electron chi connectivity index (χ1n) is 5.47. The number of carbonyl (C=O) groups excluding carboxylic acids is 1. The van der Waals surface area contributed by atoms with Crippen LogP contribution in [0.1, 0.15) is 29.3 Å². The molecule has 0 heterocycles. The summed E-state index contributed by atoms with van der Waals surface area (Å²) in [5.41, 5.74) is 6.24. The van der Waals surface area contributed by atoms with Crippen molar-refractivity contribution in [3.05, 3.63) is 35.1 Å². The molecule has 0 aliphatic carbocycles. The van der Waals surface area contributed by atoms with E-state index in [2.05, 4.69) is 10.5 Å². The Kier molecular flexibility index (Phi) is 4.65. The molecule has 98 valence electrons. The number of nitrogens with one attached hydrogen (secondary N) is 1. The monoisotopic (exact) mass is 253 g/mol. The van der Waals surface area contributed by atoms with E-state index in [0.29, 0.717) is 5.56 Å². The maximum absolute atomic E-state index is 13.1. The minimum atomic E-state index is -0.454. The lowest BCUT2D eigenvalue weighted by Crippen LogP contribution is -2.35. The van der Waals surface area contributed by atoms with E-state index < -0.39 is 11.7 Å². The molecule has 1 aromatic rings. The van der Waals surface area contributed by atoms with Crippen molar-refractivity contribution in [3.63, 3.8) is 0 Å². The number of oxime groups is 1. The molecule has 0 aliphatic rings. The molecule has 1 aromatic carbocycles. The third-order valence-corrected chi connectivity index (χ3v) is 2.33. The third kappa shape index (κ3) is 4.04. The number of rotatable bonds is 4. The van der Waals surface area contributed by atoms with Crippen LogP contribution in [-0.4, -0.2) is 23.0 Å². The molecule has 0 radical (unpaired) electrons. The highest BCUT2D eigenvalue weighted by Crippen LogP contribution is 2.08. The average Bonchev–Trinajstić information content (AvgIpc) is 2.27. The van der Waals surface area contributed by atoms with Crippen LogP contribution in [0, 0.1) is 12.7 Å². The van der Waals surface area contributed by atoms with Crippen LogP contribution in [0.25, 0.3) is 0 Å². The van der Waals surface area contributed by atoms with Gasteiger partial charge in [-0.15, -0.1) is 0 Å². The normalized spacial score (nSPS) is 13.2. The van der Waals surface area contributed by atoms with Crippen molar-refractivity contribution in [1.82, 2.24) is 5.32 Å². The Balaban J connectivity index is 2.70. The molecular weight excluding hydrogens is 237 g/mol. The quantitative estimate of drug-likeness (QED) is 0.328. The summed E-state index contributed by atoms with van der Waals surface area (Å²) in [4.78, 5) is 11.8. The van der Waals surface area contributed by atoms with Gasteiger partial charge in [-0.2, -0.15) is 0 Å². The molecule has 0 bridgehead atoms. The van der Waals surface area contributed by atoms with E-state index in [1.165, 1.54) is 12.1 Å². The molecule has 0 fully saturated rings. The number of benzene rings is 1. The lowest BCUT2D eigenvalue weighted by atomic mass is 10.1. The molecule has 18 heavy (non-hydrogen) atoms. The summed E-state index contributed by atoms with van der Waals surface area (Å²) in [6, 6.07) is 3.79. The van der Waals surface area contributed by atoms with Crippen LogP contribution in [0.5, 0.6) is 0 Å². The lowest BCUT2D eigenvalue weighted by molar-refractivity contribution is 0.0940. The molecule has 1 amide bonds. The predicted molar refractivity (Wildman–Crippen MR) is 66.1 cm³/mol. The molecule has 5 nitrogen and oxygen atoms in total. The lowest BCUT2D eigenvalue weighted by Gasteiger charge is -2.13. The van der Waals surface area contributed by atoms with E-state index in [0.717, 1.165) is 0 Å². The number of carbonyl (C=O) groups is 1. The Morgan fingerprint density at radius 2 is 2.22 bits per heavy atom. The first kappa shape index (κ1) is 14.0. The first-order chi connectivity index (χ1) is 8.42. The second-order valence-corrected chi connectivity index (χ2v) is 4.19.